The van der Waals surface area contributed by atoms with Crippen LogP contribution in [0.1, 0.15) is 35.0 Å². The monoisotopic (exact) mass is 317 g/mol. The van der Waals surface area contributed by atoms with Gasteiger partial charge in [-0.2, -0.15) is 0 Å². The third-order valence-electron chi connectivity index (χ3n) is 3.15. The molecule has 0 aliphatic heterocycles. The van der Waals surface area contributed by atoms with E-state index in [1.165, 1.54) is 6.26 Å². The molecule has 122 valence electrons. The van der Waals surface area contributed by atoms with Gasteiger partial charge in [0, 0.05) is 17.3 Å². The normalized spacial score (nSPS) is 10.3. The minimum atomic E-state index is -1.05. The van der Waals surface area contributed by atoms with Gasteiger partial charge in [0.05, 0.1) is 18.4 Å². The fourth-order valence-corrected chi connectivity index (χ4v) is 2.15. The number of carbonyl (C=O) groups is 2. The molecular weight excluding hydrogens is 298 g/mol. The number of anilines is 1. The van der Waals surface area contributed by atoms with E-state index in [4.69, 9.17) is 14.3 Å². The van der Waals surface area contributed by atoms with Crippen LogP contribution in [0, 0.1) is 6.92 Å². The van der Waals surface area contributed by atoms with Gasteiger partial charge in [-0.25, -0.2) is 0 Å². The highest BCUT2D eigenvalue weighted by molar-refractivity contribution is 6.06. The number of rotatable bonds is 7. The summed E-state index contributed by atoms with van der Waals surface area (Å²) in [5.41, 5.74) is 1.43. The number of hydrogen-bond donors (Lipinski definition) is 2. The van der Waals surface area contributed by atoms with E-state index in [-0.39, 0.29) is 17.7 Å². The summed E-state index contributed by atoms with van der Waals surface area (Å²) in [5, 5.41) is 11.6. The lowest BCUT2D eigenvalue weighted by Gasteiger charge is -2.09. The van der Waals surface area contributed by atoms with Crippen LogP contribution in [-0.4, -0.2) is 23.6 Å². The largest absolute Gasteiger partial charge is 0.494 e. The number of aryl methyl sites for hydroxylation is 1. The number of ether oxygens (including phenoxy) is 1. The van der Waals surface area contributed by atoms with E-state index in [0.29, 0.717) is 23.6 Å². The van der Waals surface area contributed by atoms with Crippen molar-refractivity contribution >= 4 is 17.6 Å². The van der Waals surface area contributed by atoms with Crippen molar-refractivity contribution in [3.8, 4) is 5.75 Å². The van der Waals surface area contributed by atoms with Crippen molar-refractivity contribution in [3.63, 3.8) is 0 Å². The molecule has 1 heterocycles. The Labute approximate surface area is 134 Å². The minimum Gasteiger partial charge on any atom is -0.494 e. The van der Waals surface area contributed by atoms with Crippen LogP contribution in [0.5, 0.6) is 5.75 Å². The number of furan rings is 1. The molecule has 0 saturated heterocycles. The summed E-state index contributed by atoms with van der Waals surface area (Å²) in [6.07, 6.45) is 1.94. The molecular formula is C17H19NO5. The smallest absolute Gasteiger partial charge is 0.311 e. The number of nitrogens with one attached hydrogen (secondary N) is 1. The summed E-state index contributed by atoms with van der Waals surface area (Å²) < 4.78 is 10.7. The maximum atomic E-state index is 12.4. The summed E-state index contributed by atoms with van der Waals surface area (Å²) in [6, 6.07) is 7.05. The topological polar surface area (TPSA) is 88.8 Å². The number of carboxylic acids is 1. The predicted molar refractivity (Wildman–Crippen MR) is 85.0 cm³/mol. The Bertz CT molecular complexity index is 705. The van der Waals surface area contributed by atoms with Crippen molar-refractivity contribution in [3.05, 3.63) is 47.4 Å². The number of hydrogen-bond acceptors (Lipinski definition) is 4. The highest BCUT2D eigenvalue weighted by Gasteiger charge is 2.20. The molecule has 0 unspecified atom stereocenters. The van der Waals surface area contributed by atoms with E-state index in [9.17, 15) is 9.59 Å². The molecule has 6 heteroatoms. The molecule has 0 radical (unpaired) electrons. The first-order chi connectivity index (χ1) is 11.0. The van der Waals surface area contributed by atoms with Crippen molar-refractivity contribution < 1.29 is 23.8 Å². The maximum Gasteiger partial charge on any atom is 0.311 e. The number of amides is 1. The highest BCUT2D eigenvalue weighted by Crippen LogP contribution is 2.22. The van der Waals surface area contributed by atoms with Crippen LogP contribution in [0.2, 0.25) is 0 Å². The van der Waals surface area contributed by atoms with Crippen molar-refractivity contribution in [1.82, 2.24) is 0 Å². The fraction of sp³-hybridized carbons (Fsp3) is 0.294. The van der Waals surface area contributed by atoms with Crippen LogP contribution in [0.4, 0.5) is 5.69 Å². The quantitative estimate of drug-likeness (QED) is 0.818. The van der Waals surface area contributed by atoms with Gasteiger partial charge in [0.15, 0.2) is 0 Å². The van der Waals surface area contributed by atoms with E-state index in [2.05, 4.69) is 5.32 Å². The average molecular weight is 317 g/mol. The highest BCUT2D eigenvalue weighted by atomic mass is 16.5. The summed E-state index contributed by atoms with van der Waals surface area (Å²) in [5.74, 6) is -0.645. The molecule has 1 aromatic heterocycles. The van der Waals surface area contributed by atoms with Gasteiger partial charge in [0.2, 0.25) is 0 Å². The minimum absolute atomic E-state index is 0.144. The van der Waals surface area contributed by atoms with Gasteiger partial charge in [0.25, 0.3) is 5.91 Å². The zero-order valence-electron chi connectivity index (χ0n) is 13.1. The van der Waals surface area contributed by atoms with Gasteiger partial charge in [-0.3, -0.25) is 9.59 Å². The molecule has 0 bridgehead atoms. The van der Waals surface area contributed by atoms with Gasteiger partial charge < -0.3 is 19.6 Å². The second-order valence-corrected chi connectivity index (χ2v) is 5.12. The SMILES string of the molecule is CCCOc1cccc(NC(=O)c2c(C)coc2CC(=O)O)c1. The van der Waals surface area contributed by atoms with Gasteiger partial charge >= 0.3 is 5.97 Å². The van der Waals surface area contributed by atoms with Gasteiger partial charge in [-0.15, -0.1) is 0 Å². The number of benzene rings is 1. The van der Waals surface area contributed by atoms with Crippen LogP contribution >= 0.6 is 0 Å². The van der Waals surface area contributed by atoms with Gasteiger partial charge in [-0.1, -0.05) is 13.0 Å². The first kappa shape index (κ1) is 16.6. The molecule has 2 rings (SSSR count). The number of carbonyl (C=O) groups excluding carboxylic acids is 1. The van der Waals surface area contributed by atoms with Crippen molar-refractivity contribution in [2.24, 2.45) is 0 Å². The van der Waals surface area contributed by atoms with Gasteiger partial charge in [-0.05, 0) is 25.5 Å². The molecule has 0 aliphatic carbocycles. The van der Waals surface area contributed by atoms with E-state index >= 15 is 0 Å². The van der Waals surface area contributed by atoms with Crippen molar-refractivity contribution in [1.29, 1.82) is 0 Å². The fourth-order valence-electron chi connectivity index (χ4n) is 2.15. The summed E-state index contributed by atoms with van der Waals surface area (Å²) >= 11 is 0. The van der Waals surface area contributed by atoms with Crippen molar-refractivity contribution in [2.75, 3.05) is 11.9 Å². The Hall–Kier alpha value is -2.76. The zero-order valence-corrected chi connectivity index (χ0v) is 13.1. The lowest BCUT2D eigenvalue weighted by Crippen LogP contribution is -2.15. The Morgan fingerprint density at radius 3 is 2.83 bits per heavy atom. The summed E-state index contributed by atoms with van der Waals surface area (Å²) in [7, 11) is 0. The Morgan fingerprint density at radius 1 is 1.35 bits per heavy atom. The van der Waals surface area contributed by atoms with E-state index in [1.54, 1.807) is 25.1 Å². The van der Waals surface area contributed by atoms with Gasteiger partial charge in [0.1, 0.15) is 17.9 Å². The second kappa shape index (κ2) is 7.49. The molecule has 2 N–H and O–H groups in total. The van der Waals surface area contributed by atoms with Crippen LogP contribution in [0.15, 0.2) is 34.9 Å². The third kappa shape index (κ3) is 4.35. The second-order valence-electron chi connectivity index (χ2n) is 5.12. The summed E-state index contributed by atoms with van der Waals surface area (Å²) in [4.78, 5) is 23.3. The van der Waals surface area contributed by atoms with E-state index in [1.807, 2.05) is 13.0 Å². The first-order valence-corrected chi connectivity index (χ1v) is 7.34. The average Bonchev–Trinajstić information content (AvgIpc) is 2.85. The molecule has 0 spiro atoms. The molecule has 6 nitrogen and oxygen atoms in total. The number of aliphatic carboxylic acids is 1. The molecule has 0 aliphatic rings. The molecule has 0 atom stereocenters. The van der Waals surface area contributed by atoms with Crippen LogP contribution in [0.25, 0.3) is 0 Å². The molecule has 0 fully saturated rings. The Morgan fingerprint density at radius 2 is 2.13 bits per heavy atom. The van der Waals surface area contributed by atoms with Crippen molar-refractivity contribution in [2.45, 2.75) is 26.7 Å². The van der Waals surface area contributed by atoms with Crippen LogP contribution < -0.4 is 10.1 Å². The Kier molecular flexibility index (Phi) is 5.41. The molecule has 1 amide bonds. The van der Waals surface area contributed by atoms with E-state index in [0.717, 1.165) is 6.42 Å². The standard InChI is InChI=1S/C17H19NO5/c1-3-7-22-13-6-4-5-12(8-13)18-17(21)16-11(2)10-23-14(16)9-15(19)20/h4-6,8,10H,3,7,9H2,1-2H3,(H,18,21)(H,19,20). The maximum absolute atomic E-state index is 12.4. The lowest BCUT2D eigenvalue weighted by atomic mass is 10.1. The molecule has 2 aromatic rings. The molecule has 0 saturated carbocycles. The molecule has 1 aromatic carbocycles. The van der Waals surface area contributed by atoms with E-state index < -0.39 is 11.9 Å². The summed E-state index contributed by atoms with van der Waals surface area (Å²) in [6.45, 7) is 4.31. The Balaban J connectivity index is 2.16. The number of carboxylic acid groups (broad SMARTS) is 1. The molecule has 23 heavy (non-hydrogen) atoms. The zero-order chi connectivity index (χ0) is 16.8. The third-order valence-corrected chi connectivity index (χ3v) is 3.15. The van der Waals surface area contributed by atoms with Crippen LogP contribution in [-0.2, 0) is 11.2 Å². The lowest BCUT2D eigenvalue weighted by molar-refractivity contribution is -0.136. The van der Waals surface area contributed by atoms with Crippen LogP contribution in [0.3, 0.4) is 0 Å². The first-order valence-electron chi connectivity index (χ1n) is 7.34. The predicted octanol–water partition coefficient (Wildman–Crippen LogP) is 3.26.